The van der Waals surface area contributed by atoms with Crippen molar-refractivity contribution in [3.63, 3.8) is 0 Å². The third-order valence-corrected chi connectivity index (χ3v) is 3.78. The van der Waals surface area contributed by atoms with Crippen molar-refractivity contribution >= 4 is 23.2 Å². The summed E-state index contributed by atoms with van der Waals surface area (Å²) < 4.78 is 0. The van der Waals surface area contributed by atoms with Crippen LogP contribution in [0.4, 0.5) is 5.69 Å². The number of hydrogen-bond acceptors (Lipinski definition) is 4. The maximum atomic E-state index is 11.3. The molecule has 0 saturated carbocycles. The van der Waals surface area contributed by atoms with Crippen LogP contribution in [-0.4, -0.2) is 48.6 Å². The largest absolute Gasteiger partial charge is 0.506 e. The van der Waals surface area contributed by atoms with Crippen molar-refractivity contribution in [2.75, 3.05) is 38.0 Å². The van der Waals surface area contributed by atoms with Crippen LogP contribution in [0.1, 0.15) is 12.5 Å². The number of phenols is 1. The summed E-state index contributed by atoms with van der Waals surface area (Å²) in [6, 6.07) is 3.16. The Morgan fingerprint density at radius 3 is 2.80 bits per heavy atom. The molecular formula is C14H20ClN3O2. The first-order chi connectivity index (χ1) is 9.58. The molecule has 5 nitrogen and oxygen atoms in total. The number of aromatic hydroxyl groups is 1. The summed E-state index contributed by atoms with van der Waals surface area (Å²) in [4.78, 5) is 13.6. The van der Waals surface area contributed by atoms with Gasteiger partial charge in [0.1, 0.15) is 5.75 Å². The topological polar surface area (TPSA) is 64.6 Å². The number of benzene rings is 1. The van der Waals surface area contributed by atoms with E-state index >= 15 is 0 Å². The van der Waals surface area contributed by atoms with Gasteiger partial charge in [0.2, 0.25) is 5.91 Å². The van der Waals surface area contributed by atoms with Crippen molar-refractivity contribution in [2.24, 2.45) is 0 Å². The zero-order valence-electron chi connectivity index (χ0n) is 11.6. The fourth-order valence-corrected chi connectivity index (χ4v) is 2.63. The lowest BCUT2D eigenvalue weighted by Crippen LogP contribution is -2.44. The minimum Gasteiger partial charge on any atom is -0.506 e. The molecule has 1 aromatic carbocycles. The molecule has 0 unspecified atom stereocenters. The van der Waals surface area contributed by atoms with Crippen molar-refractivity contribution in [1.29, 1.82) is 0 Å². The van der Waals surface area contributed by atoms with E-state index in [0.29, 0.717) is 17.1 Å². The number of carbonyl (C=O) groups is 1. The van der Waals surface area contributed by atoms with Gasteiger partial charge in [0.15, 0.2) is 0 Å². The summed E-state index contributed by atoms with van der Waals surface area (Å²) in [5, 5.41) is 16.4. The first kappa shape index (κ1) is 15.1. The molecule has 1 amide bonds. The lowest BCUT2D eigenvalue weighted by molar-refractivity contribution is -0.114. The quantitative estimate of drug-likeness (QED) is 0.736. The van der Waals surface area contributed by atoms with Gasteiger partial charge in [-0.3, -0.25) is 4.79 Å². The third-order valence-electron chi connectivity index (χ3n) is 3.42. The molecule has 6 heteroatoms. The maximum absolute atomic E-state index is 11.3. The second kappa shape index (κ2) is 6.92. The lowest BCUT2D eigenvalue weighted by atomic mass is 10.1. The van der Waals surface area contributed by atoms with E-state index in [1.54, 1.807) is 6.07 Å². The van der Waals surface area contributed by atoms with Crippen LogP contribution in [-0.2, 0) is 11.2 Å². The highest BCUT2D eigenvalue weighted by atomic mass is 35.5. The fraction of sp³-hybridized carbons (Fsp3) is 0.500. The van der Waals surface area contributed by atoms with Gasteiger partial charge in [-0.2, -0.15) is 0 Å². The second-order valence-electron chi connectivity index (χ2n) is 4.94. The zero-order chi connectivity index (χ0) is 14.5. The summed E-state index contributed by atoms with van der Waals surface area (Å²) in [6.45, 7) is 6.27. The van der Waals surface area contributed by atoms with E-state index in [1.807, 2.05) is 0 Å². The number of halogens is 1. The van der Waals surface area contributed by atoms with Crippen molar-refractivity contribution < 1.29 is 9.90 Å². The number of nitrogens with one attached hydrogen (secondary N) is 2. The van der Waals surface area contributed by atoms with Gasteiger partial charge in [-0.05, 0) is 24.1 Å². The average molecular weight is 298 g/mol. The Kier molecular flexibility index (Phi) is 5.23. The van der Waals surface area contributed by atoms with Gasteiger partial charge in [-0.15, -0.1) is 0 Å². The van der Waals surface area contributed by atoms with Gasteiger partial charge >= 0.3 is 0 Å². The number of piperazine rings is 1. The predicted molar refractivity (Wildman–Crippen MR) is 80.4 cm³/mol. The number of anilines is 1. The molecule has 1 aliphatic rings. The molecule has 0 aliphatic carbocycles. The maximum Gasteiger partial charge on any atom is 0.221 e. The number of rotatable bonds is 4. The number of phenolic OH excluding ortho intramolecular Hbond substituents is 1. The van der Waals surface area contributed by atoms with Crippen LogP contribution in [0.15, 0.2) is 12.1 Å². The molecule has 0 radical (unpaired) electrons. The summed E-state index contributed by atoms with van der Waals surface area (Å²) in [7, 11) is 0. The minimum atomic E-state index is -0.217. The minimum absolute atomic E-state index is 0.0555. The molecule has 1 aromatic rings. The zero-order valence-corrected chi connectivity index (χ0v) is 12.3. The Bertz CT molecular complexity index is 488. The number of nitrogens with zero attached hydrogens (tertiary/aromatic N) is 1. The van der Waals surface area contributed by atoms with Gasteiger partial charge in [-0.1, -0.05) is 11.6 Å². The lowest BCUT2D eigenvalue weighted by Gasteiger charge is -2.27. The average Bonchev–Trinajstić information content (AvgIpc) is 2.43. The molecule has 1 fully saturated rings. The molecule has 3 N–H and O–H groups in total. The van der Waals surface area contributed by atoms with E-state index in [0.717, 1.165) is 38.3 Å². The summed E-state index contributed by atoms with van der Waals surface area (Å²) in [6.07, 6.45) is 0.697. The number of carbonyl (C=O) groups excluding carboxylic acids is 1. The highest BCUT2D eigenvalue weighted by Gasteiger charge is 2.16. The van der Waals surface area contributed by atoms with Crippen molar-refractivity contribution in [3.8, 4) is 5.75 Å². The van der Waals surface area contributed by atoms with Crippen LogP contribution in [0, 0.1) is 0 Å². The summed E-state index contributed by atoms with van der Waals surface area (Å²) >= 11 is 6.21. The highest BCUT2D eigenvalue weighted by molar-refractivity contribution is 6.32. The fourth-order valence-electron chi connectivity index (χ4n) is 2.37. The third kappa shape index (κ3) is 3.85. The van der Waals surface area contributed by atoms with Gasteiger partial charge in [0.05, 0.1) is 5.69 Å². The number of amides is 1. The molecule has 110 valence electrons. The van der Waals surface area contributed by atoms with Crippen LogP contribution in [0.3, 0.4) is 0 Å². The van der Waals surface area contributed by atoms with E-state index < -0.39 is 0 Å². The molecule has 1 aliphatic heterocycles. The molecule has 2 rings (SSSR count). The van der Waals surface area contributed by atoms with E-state index in [1.165, 1.54) is 13.0 Å². The van der Waals surface area contributed by atoms with Crippen molar-refractivity contribution in [2.45, 2.75) is 13.3 Å². The van der Waals surface area contributed by atoms with Gasteiger partial charge in [-0.25, -0.2) is 0 Å². The Hall–Kier alpha value is -1.30. The Labute approximate surface area is 123 Å². The van der Waals surface area contributed by atoms with Gasteiger partial charge < -0.3 is 20.6 Å². The summed E-state index contributed by atoms with van der Waals surface area (Å²) in [5.74, 6) is -0.161. The normalized spacial score (nSPS) is 16.1. The molecule has 1 saturated heterocycles. The van der Waals surface area contributed by atoms with E-state index in [9.17, 15) is 9.90 Å². The Balaban J connectivity index is 2.12. The standard InChI is InChI=1S/C14H20ClN3O2/c1-10(19)17-14-11(12(15)2-3-13(14)20)4-7-18-8-5-16-6-9-18/h2-3,16,20H,4-9H2,1H3,(H,17,19). The first-order valence-corrected chi connectivity index (χ1v) is 7.16. The Morgan fingerprint density at radius 2 is 2.15 bits per heavy atom. The van der Waals surface area contributed by atoms with Crippen LogP contribution in [0.25, 0.3) is 0 Å². The monoisotopic (exact) mass is 297 g/mol. The second-order valence-corrected chi connectivity index (χ2v) is 5.35. The van der Waals surface area contributed by atoms with Crippen LogP contribution >= 0.6 is 11.6 Å². The van der Waals surface area contributed by atoms with E-state index in [2.05, 4.69) is 15.5 Å². The molecule has 0 spiro atoms. The predicted octanol–water partition coefficient (Wildman–Crippen LogP) is 1.45. The van der Waals surface area contributed by atoms with E-state index in [4.69, 9.17) is 11.6 Å². The SMILES string of the molecule is CC(=O)Nc1c(O)ccc(Cl)c1CCN1CCNCC1. The van der Waals surface area contributed by atoms with Gasteiger partial charge in [0, 0.05) is 44.7 Å². The molecule has 1 heterocycles. The molecule has 0 bridgehead atoms. The van der Waals surface area contributed by atoms with E-state index in [-0.39, 0.29) is 11.7 Å². The van der Waals surface area contributed by atoms with Gasteiger partial charge in [0.25, 0.3) is 0 Å². The van der Waals surface area contributed by atoms with Crippen molar-refractivity contribution in [3.05, 3.63) is 22.7 Å². The van der Waals surface area contributed by atoms with Crippen LogP contribution < -0.4 is 10.6 Å². The Morgan fingerprint density at radius 1 is 1.45 bits per heavy atom. The molecule has 20 heavy (non-hydrogen) atoms. The van der Waals surface area contributed by atoms with Crippen molar-refractivity contribution in [1.82, 2.24) is 10.2 Å². The smallest absolute Gasteiger partial charge is 0.221 e. The first-order valence-electron chi connectivity index (χ1n) is 6.79. The van der Waals surface area contributed by atoms with Crippen LogP contribution in [0.2, 0.25) is 5.02 Å². The highest BCUT2D eigenvalue weighted by Crippen LogP contribution is 2.33. The molecular weight excluding hydrogens is 278 g/mol. The van der Waals surface area contributed by atoms with Crippen LogP contribution in [0.5, 0.6) is 5.75 Å². The summed E-state index contributed by atoms with van der Waals surface area (Å²) in [5.41, 5.74) is 1.22. The molecule has 0 aromatic heterocycles. The number of hydrogen-bond donors (Lipinski definition) is 3. The molecule has 0 atom stereocenters.